The molecular weight excluding hydrogens is 268 g/mol. The van der Waals surface area contributed by atoms with Crippen LogP contribution in [0.25, 0.3) is 0 Å². The molecule has 0 aromatic heterocycles. The van der Waals surface area contributed by atoms with Crippen molar-refractivity contribution >= 4 is 5.91 Å². The van der Waals surface area contributed by atoms with Crippen molar-refractivity contribution in [3.8, 4) is 11.5 Å². The molecule has 21 heavy (non-hydrogen) atoms. The van der Waals surface area contributed by atoms with Crippen molar-refractivity contribution in [2.75, 3.05) is 34.9 Å². The molecule has 0 N–H and O–H groups in total. The van der Waals surface area contributed by atoms with E-state index < -0.39 is 0 Å². The maximum absolute atomic E-state index is 12.1. The second-order valence-corrected chi connectivity index (χ2v) is 5.61. The fourth-order valence-corrected chi connectivity index (χ4v) is 2.77. The molecule has 1 heterocycles. The van der Waals surface area contributed by atoms with E-state index in [0.717, 1.165) is 31.0 Å². The second-order valence-electron chi connectivity index (χ2n) is 5.61. The Kier molecular flexibility index (Phi) is 4.73. The Bertz CT molecular complexity index is 528. The van der Waals surface area contributed by atoms with Gasteiger partial charge in [0, 0.05) is 27.2 Å². The number of carbonyl (C=O) groups excluding carboxylic acids is 1. The molecule has 1 aromatic rings. The van der Waals surface area contributed by atoms with Gasteiger partial charge in [-0.3, -0.25) is 9.69 Å². The number of rotatable bonds is 4. The summed E-state index contributed by atoms with van der Waals surface area (Å²) in [6, 6.07) is 3.96. The second kappa shape index (κ2) is 6.35. The highest BCUT2D eigenvalue weighted by Crippen LogP contribution is 2.33. The zero-order chi connectivity index (χ0) is 15.6. The van der Waals surface area contributed by atoms with E-state index in [-0.39, 0.29) is 11.9 Å². The molecule has 1 aromatic carbocycles. The van der Waals surface area contributed by atoms with Gasteiger partial charge in [0.2, 0.25) is 5.91 Å². The molecule has 0 saturated carbocycles. The molecule has 0 spiro atoms. The molecule has 0 saturated heterocycles. The maximum Gasteiger partial charge on any atom is 0.239 e. The number of benzene rings is 1. The fourth-order valence-electron chi connectivity index (χ4n) is 2.77. The van der Waals surface area contributed by atoms with Crippen LogP contribution in [0.5, 0.6) is 11.5 Å². The number of fused-ring (bicyclic) bond motifs is 1. The summed E-state index contributed by atoms with van der Waals surface area (Å²) in [7, 11) is 6.88. The number of hydrogen-bond donors (Lipinski definition) is 0. The molecule has 1 amide bonds. The number of methoxy groups -OCH3 is 2. The van der Waals surface area contributed by atoms with E-state index in [2.05, 4.69) is 4.90 Å². The Morgan fingerprint density at radius 1 is 1.19 bits per heavy atom. The lowest BCUT2D eigenvalue weighted by atomic mass is 9.97. The molecule has 0 aliphatic carbocycles. The standard InChI is InChI=1S/C16H24N2O3/c1-11(16(19)17(2)3)18-7-6-12-8-14(20-4)15(21-5)9-13(12)10-18/h8-9,11H,6-7,10H2,1-5H3/t11-/m1/s1. The van der Waals surface area contributed by atoms with Crippen molar-refractivity contribution in [1.29, 1.82) is 0 Å². The van der Waals surface area contributed by atoms with Gasteiger partial charge in [-0.05, 0) is 36.6 Å². The van der Waals surface area contributed by atoms with Gasteiger partial charge >= 0.3 is 0 Å². The highest BCUT2D eigenvalue weighted by Gasteiger charge is 2.27. The first kappa shape index (κ1) is 15.6. The summed E-state index contributed by atoms with van der Waals surface area (Å²) in [5, 5.41) is 0. The van der Waals surface area contributed by atoms with Gasteiger partial charge in [-0.2, -0.15) is 0 Å². The molecule has 5 heteroatoms. The van der Waals surface area contributed by atoms with Crippen molar-refractivity contribution < 1.29 is 14.3 Å². The van der Waals surface area contributed by atoms with Crippen LogP contribution in [0.3, 0.4) is 0 Å². The van der Waals surface area contributed by atoms with Gasteiger partial charge in [0.1, 0.15) is 0 Å². The molecule has 1 aliphatic rings. The van der Waals surface area contributed by atoms with E-state index in [1.165, 1.54) is 11.1 Å². The number of likely N-dealkylation sites (N-methyl/N-ethyl adjacent to an activating group) is 1. The van der Waals surface area contributed by atoms with Crippen molar-refractivity contribution in [3.05, 3.63) is 23.3 Å². The predicted molar refractivity (Wildman–Crippen MR) is 81.8 cm³/mol. The van der Waals surface area contributed by atoms with Crippen molar-refractivity contribution in [2.24, 2.45) is 0 Å². The van der Waals surface area contributed by atoms with Crippen LogP contribution in [0.15, 0.2) is 12.1 Å². The van der Waals surface area contributed by atoms with E-state index >= 15 is 0 Å². The summed E-state index contributed by atoms with van der Waals surface area (Å²) in [6.07, 6.45) is 0.917. The highest BCUT2D eigenvalue weighted by molar-refractivity contribution is 5.81. The molecule has 2 rings (SSSR count). The van der Waals surface area contributed by atoms with Crippen molar-refractivity contribution in [2.45, 2.75) is 25.9 Å². The first-order valence-corrected chi connectivity index (χ1v) is 7.17. The van der Waals surface area contributed by atoms with Gasteiger partial charge in [0.25, 0.3) is 0 Å². The van der Waals surface area contributed by atoms with Crippen LogP contribution in [0.2, 0.25) is 0 Å². The molecule has 0 fully saturated rings. The molecule has 0 bridgehead atoms. The molecule has 5 nitrogen and oxygen atoms in total. The normalized spacial score (nSPS) is 16.0. The quantitative estimate of drug-likeness (QED) is 0.844. The Morgan fingerprint density at radius 2 is 1.76 bits per heavy atom. The highest BCUT2D eigenvalue weighted by atomic mass is 16.5. The summed E-state index contributed by atoms with van der Waals surface area (Å²) in [6.45, 7) is 3.60. The number of ether oxygens (including phenoxy) is 2. The average Bonchev–Trinajstić information content (AvgIpc) is 2.51. The van der Waals surface area contributed by atoms with Crippen LogP contribution in [0.4, 0.5) is 0 Å². The Hall–Kier alpha value is -1.75. The minimum absolute atomic E-state index is 0.110. The molecule has 1 atom stereocenters. The smallest absolute Gasteiger partial charge is 0.239 e. The van der Waals surface area contributed by atoms with Gasteiger partial charge in [0.05, 0.1) is 20.3 Å². The third-order valence-electron chi connectivity index (χ3n) is 4.09. The largest absolute Gasteiger partial charge is 0.493 e. The number of amides is 1. The third kappa shape index (κ3) is 3.13. The van der Waals surface area contributed by atoms with E-state index in [9.17, 15) is 4.79 Å². The molecule has 116 valence electrons. The number of nitrogens with zero attached hydrogens (tertiary/aromatic N) is 2. The van der Waals surface area contributed by atoms with E-state index in [0.29, 0.717) is 0 Å². The number of hydrogen-bond acceptors (Lipinski definition) is 4. The maximum atomic E-state index is 12.1. The van der Waals surface area contributed by atoms with Gasteiger partial charge in [-0.25, -0.2) is 0 Å². The Labute approximate surface area is 126 Å². The third-order valence-corrected chi connectivity index (χ3v) is 4.09. The van der Waals surface area contributed by atoms with Gasteiger partial charge in [-0.1, -0.05) is 0 Å². The molecular formula is C16H24N2O3. The van der Waals surface area contributed by atoms with Crippen LogP contribution in [-0.4, -0.2) is 56.6 Å². The van der Waals surface area contributed by atoms with E-state index in [4.69, 9.17) is 9.47 Å². The lowest BCUT2D eigenvalue weighted by Crippen LogP contribution is -2.46. The molecule has 1 aliphatic heterocycles. The topological polar surface area (TPSA) is 42.0 Å². The zero-order valence-corrected chi connectivity index (χ0v) is 13.5. The SMILES string of the molecule is COc1cc2c(cc1OC)CN([C@H](C)C(=O)N(C)C)CC2. The average molecular weight is 292 g/mol. The van der Waals surface area contributed by atoms with Crippen molar-refractivity contribution in [1.82, 2.24) is 9.80 Å². The summed E-state index contributed by atoms with van der Waals surface area (Å²) in [5.74, 6) is 1.64. The lowest BCUT2D eigenvalue weighted by Gasteiger charge is -2.34. The van der Waals surface area contributed by atoms with Crippen LogP contribution in [-0.2, 0) is 17.8 Å². The summed E-state index contributed by atoms with van der Waals surface area (Å²) >= 11 is 0. The van der Waals surface area contributed by atoms with Gasteiger partial charge < -0.3 is 14.4 Å². The Morgan fingerprint density at radius 3 is 2.29 bits per heavy atom. The number of carbonyl (C=O) groups is 1. The fraction of sp³-hybridized carbons (Fsp3) is 0.562. The minimum Gasteiger partial charge on any atom is -0.493 e. The first-order chi connectivity index (χ1) is 9.97. The monoisotopic (exact) mass is 292 g/mol. The van der Waals surface area contributed by atoms with Crippen LogP contribution in [0, 0.1) is 0 Å². The van der Waals surface area contributed by atoms with E-state index in [1.807, 2.05) is 19.1 Å². The van der Waals surface area contributed by atoms with Crippen LogP contribution < -0.4 is 9.47 Å². The van der Waals surface area contributed by atoms with Gasteiger partial charge in [-0.15, -0.1) is 0 Å². The lowest BCUT2D eigenvalue weighted by molar-refractivity contribution is -0.134. The van der Waals surface area contributed by atoms with Gasteiger partial charge in [0.15, 0.2) is 11.5 Å². The summed E-state index contributed by atoms with van der Waals surface area (Å²) in [4.78, 5) is 16.0. The summed E-state index contributed by atoms with van der Waals surface area (Å²) in [5.41, 5.74) is 2.48. The molecule has 0 unspecified atom stereocenters. The zero-order valence-electron chi connectivity index (χ0n) is 13.5. The van der Waals surface area contributed by atoms with Crippen LogP contribution >= 0.6 is 0 Å². The van der Waals surface area contributed by atoms with Crippen LogP contribution in [0.1, 0.15) is 18.1 Å². The Balaban J connectivity index is 2.22. The van der Waals surface area contributed by atoms with E-state index in [1.54, 1.807) is 33.2 Å². The summed E-state index contributed by atoms with van der Waals surface area (Å²) < 4.78 is 10.7. The molecule has 0 radical (unpaired) electrons. The van der Waals surface area contributed by atoms with Crippen molar-refractivity contribution in [3.63, 3.8) is 0 Å². The first-order valence-electron chi connectivity index (χ1n) is 7.17. The predicted octanol–water partition coefficient (Wildman–Crippen LogP) is 1.54. The minimum atomic E-state index is -0.110.